The van der Waals surface area contributed by atoms with E-state index in [9.17, 15) is 9.59 Å². The highest BCUT2D eigenvalue weighted by Crippen LogP contribution is 2.43. The Labute approximate surface area is 212 Å². The van der Waals surface area contributed by atoms with Crippen LogP contribution in [0.1, 0.15) is 53.6 Å². The van der Waals surface area contributed by atoms with Gasteiger partial charge in [-0.05, 0) is 70.3 Å². The third-order valence-electron chi connectivity index (χ3n) is 7.16. The Morgan fingerprint density at radius 1 is 1.19 bits per heavy atom. The van der Waals surface area contributed by atoms with Gasteiger partial charge in [-0.15, -0.1) is 0 Å². The lowest BCUT2D eigenvalue weighted by Crippen LogP contribution is -2.42. The molecule has 0 saturated carbocycles. The Bertz CT molecular complexity index is 1230. The van der Waals surface area contributed by atoms with Gasteiger partial charge in [-0.2, -0.15) is 5.26 Å². The molecule has 2 aromatic rings. The first-order chi connectivity index (χ1) is 17.5. The van der Waals surface area contributed by atoms with Crippen LogP contribution < -0.4 is 10.5 Å². The van der Waals surface area contributed by atoms with Gasteiger partial charge in [0.05, 0.1) is 25.2 Å². The monoisotopic (exact) mass is 512 g/mol. The third kappa shape index (κ3) is 5.01. The maximum Gasteiger partial charge on any atom is 0.349 e. The van der Waals surface area contributed by atoms with Gasteiger partial charge in [0, 0.05) is 42.8 Å². The summed E-state index contributed by atoms with van der Waals surface area (Å²) in [5.41, 5.74) is 3.85. The molecule has 9 nitrogen and oxygen atoms in total. The van der Waals surface area contributed by atoms with Crippen LogP contribution in [0.3, 0.4) is 0 Å². The number of hydrogen-bond acceptors (Lipinski definition) is 8. The standard InChI is InChI=1S/C26H33N4O5P/c1-28(2)36(33-15-5-10-27)35-20-8-13-30(14-9-20)25(31)22-17-19-16-18-6-3-11-29-12-4-7-21(23(18)29)24(19)34-26(22)32/h16-17,20H,3-9,11-15H2,1-2H3. The van der Waals surface area contributed by atoms with E-state index in [1.54, 1.807) is 11.0 Å². The van der Waals surface area contributed by atoms with Gasteiger partial charge in [-0.1, -0.05) is 0 Å². The summed E-state index contributed by atoms with van der Waals surface area (Å²) < 4.78 is 19.6. The Hall–Kier alpha value is -2.50. The number of fused-ring (bicyclic) bond motifs is 2. The minimum Gasteiger partial charge on any atom is -0.422 e. The second-order valence-corrected chi connectivity index (χ2v) is 11.6. The summed E-state index contributed by atoms with van der Waals surface area (Å²) in [6.45, 7) is 3.43. The van der Waals surface area contributed by atoms with Crippen molar-refractivity contribution in [1.82, 2.24) is 9.57 Å². The molecule has 4 heterocycles. The van der Waals surface area contributed by atoms with Crippen LogP contribution in [0.15, 0.2) is 21.3 Å². The number of hydrogen-bond donors (Lipinski definition) is 0. The molecule has 192 valence electrons. The van der Waals surface area contributed by atoms with E-state index in [0.717, 1.165) is 49.7 Å². The lowest BCUT2D eigenvalue weighted by atomic mass is 9.90. The second-order valence-electron chi connectivity index (χ2n) is 9.85. The van der Waals surface area contributed by atoms with E-state index in [1.165, 1.54) is 11.3 Å². The highest BCUT2D eigenvalue weighted by molar-refractivity contribution is 7.44. The van der Waals surface area contributed by atoms with Crippen molar-refractivity contribution in [1.29, 1.82) is 5.26 Å². The fourth-order valence-electron chi connectivity index (χ4n) is 5.47. The van der Waals surface area contributed by atoms with Crippen molar-refractivity contribution < 1.29 is 18.3 Å². The summed E-state index contributed by atoms with van der Waals surface area (Å²) in [5, 5.41) is 9.59. The van der Waals surface area contributed by atoms with Gasteiger partial charge < -0.3 is 23.3 Å². The molecule has 10 heteroatoms. The maximum absolute atomic E-state index is 13.3. The molecular weight excluding hydrogens is 479 g/mol. The van der Waals surface area contributed by atoms with Crippen LogP contribution in [0.2, 0.25) is 0 Å². The lowest BCUT2D eigenvalue weighted by molar-refractivity contribution is 0.0565. The summed E-state index contributed by atoms with van der Waals surface area (Å²) >= 11 is 0. The van der Waals surface area contributed by atoms with Gasteiger partial charge in [0.15, 0.2) is 0 Å². The molecular formula is C26H33N4O5P. The number of nitriles is 1. The van der Waals surface area contributed by atoms with Crippen molar-refractivity contribution in [2.24, 2.45) is 0 Å². The van der Waals surface area contributed by atoms with Gasteiger partial charge in [-0.25, -0.2) is 9.46 Å². The van der Waals surface area contributed by atoms with E-state index in [2.05, 4.69) is 17.0 Å². The van der Waals surface area contributed by atoms with Crippen molar-refractivity contribution in [3.63, 3.8) is 0 Å². The van der Waals surface area contributed by atoms with E-state index in [1.807, 2.05) is 18.8 Å². The molecule has 0 spiro atoms. The number of piperidine rings is 1. The number of rotatable bonds is 7. The number of benzene rings is 1. The predicted molar refractivity (Wildman–Crippen MR) is 138 cm³/mol. The van der Waals surface area contributed by atoms with Crippen LogP contribution >= 0.6 is 8.53 Å². The molecule has 1 atom stereocenters. The van der Waals surface area contributed by atoms with Crippen LogP contribution in [0.4, 0.5) is 5.69 Å². The van der Waals surface area contributed by atoms with E-state index >= 15 is 0 Å². The predicted octanol–water partition coefficient (Wildman–Crippen LogP) is 3.83. The minimum absolute atomic E-state index is 0.0415. The largest absolute Gasteiger partial charge is 0.422 e. The normalized spacial score (nSPS) is 18.8. The number of likely N-dealkylation sites (tertiary alicyclic amines) is 1. The van der Waals surface area contributed by atoms with E-state index in [-0.39, 0.29) is 17.6 Å². The summed E-state index contributed by atoms with van der Waals surface area (Å²) in [5.74, 6) is -0.280. The average Bonchev–Trinajstić information content (AvgIpc) is 2.88. The molecule has 3 aliphatic heterocycles. The van der Waals surface area contributed by atoms with Gasteiger partial charge in [0.1, 0.15) is 11.1 Å². The van der Waals surface area contributed by atoms with Gasteiger partial charge in [-0.3, -0.25) is 4.79 Å². The Morgan fingerprint density at radius 3 is 2.67 bits per heavy atom. The Balaban J connectivity index is 1.30. The van der Waals surface area contributed by atoms with Crippen LogP contribution in [-0.2, 0) is 21.9 Å². The number of anilines is 1. The molecule has 0 radical (unpaired) electrons. The quantitative estimate of drug-likeness (QED) is 0.314. The van der Waals surface area contributed by atoms with Crippen LogP contribution in [-0.4, -0.2) is 68.5 Å². The molecule has 1 unspecified atom stereocenters. The third-order valence-corrected chi connectivity index (χ3v) is 8.69. The Kier molecular flexibility index (Phi) is 7.59. The fraction of sp³-hybridized carbons (Fsp3) is 0.577. The number of carbonyl (C=O) groups is 1. The molecule has 5 rings (SSSR count). The number of aryl methyl sites for hydroxylation is 2. The lowest BCUT2D eigenvalue weighted by Gasteiger charge is -2.37. The highest BCUT2D eigenvalue weighted by atomic mass is 31.2. The molecule has 1 saturated heterocycles. The number of nitrogens with zero attached hydrogens (tertiary/aromatic N) is 4. The molecule has 1 aromatic carbocycles. The van der Waals surface area contributed by atoms with Crippen molar-refractivity contribution in [3.8, 4) is 6.07 Å². The van der Waals surface area contributed by atoms with Gasteiger partial charge in [0.25, 0.3) is 14.4 Å². The van der Waals surface area contributed by atoms with Crippen molar-refractivity contribution in [2.75, 3.05) is 51.8 Å². The molecule has 0 aliphatic carbocycles. The zero-order valence-corrected chi connectivity index (χ0v) is 21.9. The van der Waals surface area contributed by atoms with Gasteiger partial charge >= 0.3 is 5.63 Å². The molecule has 36 heavy (non-hydrogen) atoms. The van der Waals surface area contributed by atoms with Crippen molar-refractivity contribution in [2.45, 2.75) is 51.0 Å². The van der Waals surface area contributed by atoms with Crippen molar-refractivity contribution in [3.05, 3.63) is 39.2 Å². The Morgan fingerprint density at radius 2 is 1.94 bits per heavy atom. The van der Waals surface area contributed by atoms with Gasteiger partial charge in [0.2, 0.25) is 0 Å². The maximum atomic E-state index is 13.3. The topological polar surface area (TPSA) is 99.2 Å². The van der Waals surface area contributed by atoms with Crippen LogP contribution in [0.5, 0.6) is 0 Å². The zero-order chi connectivity index (χ0) is 25.2. The van der Waals surface area contributed by atoms with Crippen LogP contribution in [0.25, 0.3) is 11.0 Å². The van der Waals surface area contributed by atoms with Crippen molar-refractivity contribution >= 4 is 31.1 Å². The first kappa shape index (κ1) is 25.2. The smallest absolute Gasteiger partial charge is 0.349 e. The number of carbonyl (C=O) groups excluding carboxylic acids is 1. The molecule has 0 N–H and O–H groups in total. The van der Waals surface area contributed by atoms with E-state index in [0.29, 0.717) is 44.5 Å². The first-order valence-corrected chi connectivity index (χ1v) is 13.9. The average molecular weight is 513 g/mol. The summed E-state index contributed by atoms with van der Waals surface area (Å²) in [6.07, 6.45) is 5.68. The zero-order valence-electron chi connectivity index (χ0n) is 21.0. The summed E-state index contributed by atoms with van der Waals surface area (Å²) in [4.78, 5) is 30.4. The molecule has 3 aliphatic rings. The minimum atomic E-state index is -1.25. The number of amides is 1. The first-order valence-electron chi connectivity index (χ1n) is 12.8. The highest BCUT2D eigenvalue weighted by Gasteiger charge is 2.31. The SMILES string of the molecule is CN(C)P(OCCC#N)OC1CCN(C(=O)c2cc3cc4c5c(c3oc2=O)CCCN5CCC4)CC1. The fourth-order valence-corrected chi connectivity index (χ4v) is 6.66. The summed E-state index contributed by atoms with van der Waals surface area (Å²) in [7, 11) is 2.52. The molecule has 0 bridgehead atoms. The molecule has 1 amide bonds. The van der Waals surface area contributed by atoms with E-state index < -0.39 is 14.2 Å². The molecule has 1 fully saturated rings. The summed E-state index contributed by atoms with van der Waals surface area (Å²) in [6, 6.07) is 5.93. The van der Waals surface area contributed by atoms with Crippen LogP contribution in [0, 0.1) is 11.3 Å². The second kappa shape index (κ2) is 10.9. The molecule has 1 aromatic heterocycles. The van der Waals surface area contributed by atoms with E-state index in [4.69, 9.17) is 18.7 Å².